The van der Waals surface area contributed by atoms with Crippen LogP contribution in [0.2, 0.25) is 0 Å². The SMILES string of the molecule is OCC1CC2CN(C(F)C3CC4c5ccccc5Cc5ccccc5C4O3)CCC2O1. The zero-order valence-corrected chi connectivity index (χ0v) is 17.7. The predicted molar refractivity (Wildman–Crippen MR) is 116 cm³/mol. The number of hydrogen-bond donors (Lipinski definition) is 1. The maximum Gasteiger partial charge on any atom is 0.180 e. The summed E-state index contributed by atoms with van der Waals surface area (Å²) >= 11 is 0. The maximum atomic E-state index is 15.8. The zero-order valence-electron chi connectivity index (χ0n) is 17.7. The quantitative estimate of drug-likeness (QED) is 0.759. The lowest BCUT2D eigenvalue weighted by Gasteiger charge is -2.37. The van der Waals surface area contributed by atoms with Gasteiger partial charge in [-0.25, -0.2) is 4.39 Å². The summed E-state index contributed by atoms with van der Waals surface area (Å²) in [5.41, 5.74) is 5.15. The van der Waals surface area contributed by atoms with Crippen molar-refractivity contribution in [2.24, 2.45) is 5.92 Å². The van der Waals surface area contributed by atoms with E-state index in [9.17, 15) is 5.11 Å². The number of piperidine rings is 1. The van der Waals surface area contributed by atoms with Crippen molar-refractivity contribution in [1.29, 1.82) is 0 Å². The van der Waals surface area contributed by atoms with Crippen LogP contribution >= 0.6 is 0 Å². The van der Waals surface area contributed by atoms with Gasteiger partial charge in [-0.15, -0.1) is 0 Å². The molecule has 1 aliphatic carbocycles. The van der Waals surface area contributed by atoms with Crippen molar-refractivity contribution in [3.8, 4) is 0 Å². The highest BCUT2D eigenvalue weighted by atomic mass is 19.1. The van der Waals surface area contributed by atoms with Gasteiger partial charge in [0.25, 0.3) is 0 Å². The lowest BCUT2D eigenvalue weighted by Crippen LogP contribution is -2.49. The molecule has 3 aliphatic heterocycles. The van der Waals surface area contributed by atoms with E-state index in [0.29, 0.717) is 25.4 Å². The van der Waals surface area contributed by atoms with Crippen molar-refractivity contribution in [2.45, 2.75) is 62.3 Å². The Labute approximate surface area is 183 Å². The van der Waals surface area contributed by atoms with Crippen molar-refractivity contribution in [3.63, 3.8) is 0 Å². The molecular weight excluding hydrogens is 393 g/mol. The minimum absolute atomic E-state index is 0.0555. The van der Waals surface area contributed by atoms with Crippen LogP contribution in [0.3, 0.4) is 0 Å². The first kappa shape index (κ1) is 19.9. The monoisotopic (exact) mass is 423 g/mol. The Morgan fingerprint density at radius 3 is 2.55 bits per heavy atom. The standard InChI is InChI=1S/C26H30FNO3/c27-26(28-10-9-23-18(14-28)12-19(15-29)30-23)24-13-22-20-7-3-1-5-16(20)11-17-6-2-4-8-21(17)25(22)31-24/h1-8,18-19,22-26,29H,9-15H2. The van der Waals surface area contributed by atoms with E-state index in [1.165, 1.54) is 22.3 Å². The molecule has 7 unspecified atom stereocenters. The summed E-state index contributed by atoms with van der Waals surface area (Å²) in [7, 11) is 0. The lowest BCUT2D eigenvalue weighted by atomic mass is 9.87. The van der Waals surface area contributed by atoms with Crippen LogP contribution in [0.25, 0.3) is 0 Å². The molecule has 3 saturated heterocycles. The normalized spacial score (nSPS) is 35.5. The minimum Gasteiger partial charge on any atom is -0.394 e. The highest BCUT2D eigenvalue weighted by molar-refractivity contribution is 5.45. The molecule has 5 heteroatoms. The van der Waals surface area contributed by atoms with Gasteiger partial charge in [-0.05, 0) is 47.9 Å². The Morgan fingerprint density at radius 2 is 1.74 bits per heavy atom. The molecule has 0 spiro atoms. The number of rotatable bonds is 3. The van der Waals surface area contributed by atoms with E-state index < -0.39 is 12.4 Å². The van der Waals surface area contributed by atoms with Gasteiger partial charge in [0.05, 0.1) is 24.9 Å². The summed E-state index contributed by atoms with van der Waals surface area (Å²) in [6.07, 6.45) is 1.71. The van der Waals surface area contributed by atoms with Crippen LogP contribution in [0.5, 0.6) is 0 Å². The van der Waals surface area contributed by atoms with E-state index in [1.54, 1.807) is 0 Å². The fourth-order valence-corrected chi connectivity index (χ4v) is 6.37. The van der Waals surface area contributed by atoms with Gasteiger partial charge < -0.3 is 14.6 Å². The van der Waals surface area contributed by atoms with Crippen LogP contribution in [0.15, 0.2) is 48.5 Å². The number of likely N-dealkylation sites (tertiary alicyclic amines) is 1. The van der Waals surface area contributed by atoms with Crippen molar-refractivity contribution >= 4 is 0 Å². The summed E-state index contributed by atoms with van der Waals surface area (Å²) in [4.78, 5) is 1.96. The number of benzene rings is 2. The topological polar surface area (TPSA) is 41.9 Å². The third-order valence-corrected chi connectivity index (χ3v) is 7.86. The third kappa shape index (κ3) is 3.43. The van der Waals surface area contributed by atoms with Gasteiger partial charge in [0.15, 0.2) is 6.30 Å². The Kier molecular flexibility index (Phi) is 5.10. The van der Waals surface area contributed by atoms with Crippen molar-refractivity contribution in [1.82, 2.24) is 4.90 Å². The van der Waals surface area contributed by atoms with Gasteiger partial charge in [0.1, 0.15) is 6.10 Å². The van der Waals surface area contributed by atoms with Crippen molar-refractivity contribution in [2.75, 3.05) is 19.7 Å². The molecule has 0 bridgehead atoms. The number of ether oxygens (including phenoxy) is 2. The van der Waals surface area contributed by atoms with Gasteiger partial charge in [-0.2, -0.15) is 0 Å². The van der Waals surface area contributed by atoms with Crippen LogP contribution in [-0.4, -0.2) is 54.3 Å². The van der Waals surface area contributed by atoms with E-state index in [2.05, 4.69) is 48.5 Å². The predicted octanol–water partition coefficient (Wildman–Crippen LogP) is 3.97. The number of alkyl halides is 1. The van der Waals surface area contributed by atoms with E-state index in [-0.39, 0.29) is 30.8 Å². The Bertz CT molecular complexity index is 898. The lowest BCUT2D eigenvalue weighted by molar-refractivity contribution is -0.0920. The zero-order chi connectivity index (χ0) is 20.9. The summed E-state index contributed by atoms with van der Waals surface area (Å²) in [5.74, 6) is 0.492. The van der Waals surface area contributed by atoms with Crippen LogP contribution in [0, 0.1) is 5.92 Å². The maximum absolute atomic E-state index is 15.8. The molecule has 4 aliphatic rings. The smallest absolute Gasteiger partial charge is 0.180 e. The molecule has 4 nitrogen and oxygen atoms in total. The largest absolute Gasteiger partial charge is 0.394 e. The molecule has 2 aromatic rings. The number of fused-ring (bicyclic) bond motifs is 6. The van der Waals surface area contributed by atoms with E-state index >= 15 is 4.39 Å². The number of aliphatic hydroxyl groups is 1. The first-order valence-electron chi connectivity index (χ1n) is 11.7. The molecular formula is C26H30FNO3. The van der Waals surface area contributed by atoms with Crippen LogP contribution in [0.4, 0.5) is 4.39 Å². The molecule has 1 N–H and O–H groups in total. The Hall–Kier alpha value is -1.79. The molecule has 2 aromatic carbocycles. The number of nitrogens with zero attached hydrogens (tertiary/aromatic N) is 1. The fraction of sp³-hybridized carbons (Fsp3) is 0.538. The molecule has 0 saturated carbocycles. The molecule has 6 rings (SSSR count). The van der Waals surface area contributed by atoms with Gasteiger partial charge in [-0.3, -0.25) is 4.90 Å². The second-order valence-electron chi connectivity index (χ2n) is 9.64. The van der Waals surface area contributed by atoms with E-state index in [4.69, 9.17) is 9.47 Å². The van der Waals surface area contributed by atoms with Crippen LogP contribution in [-0.2, 0) is 15.9 Å². The van der Waals surface area contributed by atoms with Crippen LogP contribution in [0.1, 0.15) is 53.5 Å². The molecule has 3 heterocycles. The number of hydrogen-bond acceptors (Lipinski definition) is 4. The molecule has 0 radical (unpaired) electrons. The van der Waals surface area contributed by atoms with E-state index in [0.717, 1.165) is 19.3 Å². The van der Waals surface area contributed by atoms with E-state index in [1.807, 2.05) is 4.90 Å². The summed E-state index contributed by atoms with van der Waals surface area (Å²) in [6.45, 7) is 1.42. The Morgan fingerprint density at radius 1 is 1.00 bits per heavy atom. The van der Waals surface area contributed by atoms with Gasteiger partial charge in [-0.1, -0.05) is 48.5 Å². The third-order valence-electron chi connectivity index (χ3n) is 7.86. The second kappa shape index (κ2) is 7.96. The summed E-state index contributed by atoms with van der Waals surface area (Å²) < 4.78 is 28.3. The second-order valence-corrected chi connectivity index (χ2v) is 9.64. The summed E-state index contributed by atoms with van der Waals surface area (Å²) in [6, 6.07) is 17.1. The molecule has 0 aromatic heterocycles. The average molecular weight is 424 g/mol. The highest BCUT2D eigenvalue weighted by Gasteiger charge is 2.47. The van der Waals surface area contributed by atoms with Gasteiger partial charge >= 0.3 is 0 Å². The molecule has 7 atom stereocenters. The highest BCUT2D eigenvalue weighted by Crippen LogP contribution is 2.50. The van der Waals surface area contributed by atoms with Gasteiger partial charge in [0, 0.05) is 24.9 Å². The molecule has 164 valence electrons. The number of aliphatic hydroxyl groups excluding tert-OH is 1. The fourth-order valence-electron chi connectivity index (χ4n) is 6.37. The molecule has 0 amide bonds. The number of halogens is 1. The van der Waals surface area contributed by atoms with Crippen molar-refractivity contribution < 1.29 is 19.0 Å². The molecule has 31 heavy (non-hydrogen) atoms. The summed E-state index contributed by atoms with van der Waals surface area (Å²) in [5, 5.41) is 9.43. The van der Waals surface area contributed by atoms with Gasteiger partial charge in [0.2, 0.25) is 0 Å². The van der Waals surface area contributed by atoms with Crippen LogP contribution < -0.4 is 0 Å². The molecule has 3 fully saturated rings. The first-order valence-corrected chi connectivity index (χ1v) is 11.7. The Balaban J connectivity index is 1.25. The van der Waals surface area contributed by atoms with Crippen molar-refractivity contribution in [3.05, 3.63) is 70.8 Å². The first-order chi connectivity index (χ1) is 15.2. The average Bonchev–Trinajstić information content (AvgIpc) is 3.40. The minimum atomic E-state index is -1.11.